The molecule has 2 rings (SSSR count). The highest BCUT2D eigenvalue weighted by molar-refractivity contribution is 5.85. The standard InChI is InChI=1S/C14H18F2N2O/c1-17-9-14(5-6-14)13(19)18(2)8-10-7-11(15)3-4-12(10)16/h3-4,7,17H,5-6,8-9H2,1-2H3. The molecule has 5 heteroatoms. The SMILES string of the molecule is CNCC1(C(=O)N(C)Cc2cc(F)ccc2F)CC1. The van der Waals surface area contributed by atoms with Gasteiger partial charge in [-0.05, 0) is 38.1 Å². The van der Waals surface area contributed by atoms with Crippen LogP contribution in [0.25, 0.3) is 0 Å². The minimum atomic E-state index is -0.492. The van der Waals surface area contributed by atoms with E-state index in [4.69, 9.17) is 0 Å². The van der Waals surface area contributed by atoms with E-state index in [0.717, 1.165) is 31.0 Å². The zero-order chi connectivity index (χ0) is 14.0. The van der Waals surface area contributed by atoms with Crippen molar-refractivity contribution in [1.29, 1.82) is 0 Å². The minimum absolute atomic E-state index is 0.00879. The molecule has 1 amide bonds. The predicted molar refractivity (Wildman–Crippen MR) is 68.4 cm³/mol. The highest BCUT2D eigenvalue weighted by Crippen LogP contribution is 2.46. The lowest BCUT2D eigenvalue weighted by Gasteiger charge is -2.23. The molecule has 3 nitrogen and oxygen atoms in total. The van der Waals surface area contributed by atoms with Gasteiger partial charge in [0, 0.05) is 25.7 Å². The van der Waals surface area contributed by atoms with Crippen molar-refractivity contribution in [3.63, 3.8) is 0 Å². The number of carbonyl (C=O) groups is 1. The molecule has 0 heterocycles. The van der Waals surface area contributed by atoms with Gasteiger partial charge in [0.15, 0.2) is 0 Å². The molecule has 0 aromatic heterocycles. The molecule has 1 aliphatic carbocycles. The van der Waals surface area contributed by atoms with E-state index in [9.17, 15) is 13.6 Å². The molecule has 0 atom stereocenters. The van der Waals surface area contributed by atoms with Gasteiger partial charge in [0.25, 0.3) is 0 Å². The van der Waals surface area contributed by atoms with Crippen molar-refractivity contribution in [2.24, 2.45) is 5.41 Å². The van der Waals surface area contributed by atoms with Crippen LogP contribution in [0.3, 0.4) is 0 Å². The van der Waals surface area contributed by atoms with Gasteiger partial charge < -0.3 is 10.2 Å². The molecule has 0 aliphatic heterocycles. The summed E-state index contributed by atoms with van der Waals surface area (Å²) in [5.41, 5.74) is -0.135. The van der Waals surface area contributed by atoms with Crippen molar-refractivity contribution in [1.82, 2.24) is 10.2 Å². The first kappa shape index (κ1) is 13.9. The van der Waals surface area contributed by atoms with Crippen LogP contribution in [0, 0.1) is 17.0 Å². The van der Waals surface area contributed by atoms with Gasteiger partial charge in [-0.15, -0.1) is 0 Å². The van der Waals surface area contributed by atoms with Gasteiger partial charge in [-0.2, -0.15) is 0 Å². The molecule has 1 fully saturated rings. The zero-order valence-electron chi connectivity index (χ0n) is 11.2. The molecule has 1 saturated carbocycles. The van der Waals surface area contributed by atoms with Crippen LogP contribution >= 0.6 is 0 Å². The predicted octanol–water partition coefficient (Wildman–Crippen LogP) is 1.92. The maximum atomic E-state index is 13.5. The molecule has 104 valence electrons. The summed E-state index contributed by atoms with van der Waals surface area (Å²) < 4.78 is 26.6. The first-order valence-electron chi connectivity index (χ1n) is 6.32. The summed E-state index contributed by atoms with van der Waals surface area (Å²) in [4.78, 5) is 13.8. The summed E-state index contributed by atoms with van der Waals surface area (Å²) >= 11 is 0. The number of hydrogen-bond donors (Lipinski definition) is 1. The van der Waals surface area contributed by atoms with Crippen molar-refractivity contribution in [2.75, 3.05) is 20.6 Å². The minimum Gasteiger partial charge on any atom is -0.341 e. The highest BCUT2D eigenvalue weighted by Gasteiger charge is 2.50. The van der Waals surface area contributed by atoms with E-state index >= 15 is 0 Å². The second-order valence-corrected chi connectivity index (χ2v) is 5.21. The second-order valence-electron chi connectivity index (χ2n) is 5.21. The van der Waals surface area contributed by atoms with E-state index in [1.54, 1.807) is 14.1 Å². The third kappa shape index (κ3) is 2.92. The van der Waals surface area contributed by atoms with Crippen LogP contribution in [0.1, 0.15) is 18.4 Å². The van der Waals surface area contributed by atoms with Gasteiger partial charge in [-0.25, -0.2) is 8.78 Å². The number of benzene rings is 1. The summed E-state index contributed by atoms with van der Waals surface area (Å²) in [7, 11) is 3.43. The molecule has 1 N–H and O–H groups in total. The van der Waals surface area contributed by atoms with E-state index in [2.05, 4.69) is 5.32 Å². The van der Waals surface area contributed by atoms with Crippen molar-refractivity contribution in [3.8, 4) is 0 Å². The van der Waals surface area contributed by atoms with E-state index in [-0.39, 0.29) is 23.4 Å². The van der Waals surface area contributed by atoms with Gasteiger partial charge in [-0.3, -0.25) is 4.79 Å². The Morgan fingerprint density at radius 1 is 1.42 bits per heavy atom. The van der Waals surface area contributed by atoms with E-state index < -0.39 is 11.6 Å². The van der Waals surface area contributed by atoms with E-state index in [0.29, 0.717) is 6.54 Å². The number of carbonyl (C=O) groups excluding carboxylic acids is 1. The smallest absolute Gasteiger partial charge is 0.230 e. The largest absolute Gasteiger partial charge is 0.341 e. The van der Waals surface area contributed by atoms with E-state index in [1.165, 1.54) is 4.90 Å². The number of amides is 1. The van der Waals surface area contributed by atoms with Crippen LogP contribution in [0.4, 0.5) is 8.78 Å². The monoisotopic (exact) mass is 268 g/mol. The lowest BCUT2D eigenvalue weighted by Crippen LogP contribution is -2.38. The fraction of sp³-hybridized carbons (Fsp3) is 0.500. The third-order valence-electron chi connectivity index (χ3n) is 3.58. The Labute approximate surface area is 111 Å². The summed E-state index contributed by atoms with van der Waals surface area (Å²) in [6.45, 7) is 0.718. The van der Waals surface area contributed by atoms with Crippen molar-refractivity contribution >= 4 is 5.91 Å². The summed E-state index contributed by atoms with van der Waals surface area (Å²) in [5, 5.41) is 3.01. The Balaban J connectivity index is 2.07. The second kappa shape index (κ2) is 5.25. The quantitative estimate of drug-likeness (QED) is 0.885. The number of rotatable bonds is 5. The Bertz CT molecular complexity index is 486. The molecule has 0 saturated heterocycles. The van der Waals surface area contributed by atoms with Gasteiger partial charge >= 0.3 is 0 Å². The Morgan fingerprint density at radius 2 is 2.11 bits per heavy atom. The molecular weight excluding hydrogens is 250 g/mol. The lowest BCUT2D eigenvalue weighted by atomic mass is 10.1. The molecule has 0 unspecified atom stereocenters. The topological polar surface area (TPSA) is 32.3 Å². The average molecular weight is 268 g/mol. The maximum absolute atomic E-state index is 13.5. The molecule has 19 heavy (non-hydrogen) atoms. The third-order valence-corrected chi connectivity index (χ3v) is 3.58. The normalized spacial score (nSPS) is 16.2. The highest BCUT2D eigenvalue weighted by atomic mass is 19.1. The number of nitrogens with zero attached hydrogens (tertiary/aromatic N) is 1. The molecule has 0 spiro atoms. The van der Waals surface area contributed by atoms with Crippen LogP contribution < -0.4 is 5.32 Å². The Hall–Kier alpha value is -1.49. The Kier molecular flexibility index (Phi) is 3.85. The first-order valence-corrected chi connectivity index (χ1v) is 6.32. The van der Waals surface area contributed by atoms with Gasteiger partial charge in [-0.1, -0.05) is 0 Å². The van der Waals surface area contributed by atoms with Crippen LogP contribution in [0.15, 0.2) is 18.2 Å². The van der Waals surface area contributed by atoms with Gasteiger partial charge in [0.05, 0.1) is 5.41 Å². The Morgan fingerprint density at radius 3 is 2.68 bits per heavy atom. The first-order chi connectivity index (χ1) is 8.98. The maximum Gasteiger partial charge on any atom is 0.230 e. The average Bonchev–Trinajstić information content (AvgIpc) is 3.14. The summed E-state index contributed by atoms with van der Waals surface area (Å²) in [6, 6.07) is 3.30. The fourth-order valence-corrected chi connectivity index (χ4v) is 2.35. The number of hydrogen-bond acceptors (Lipinski definition) is 2. The summed E-state index contributed by atoms with van der Waals surface area (Å²) in [5.74, 6) is -0.987. The number of nitrogens with one attached hydrogen (secondary N) is 1. The molecular formula is C14H18F2N2O. The van der Waals surface area contributed by atoms with Crippen LogP contribution in [0.2, 0.25) is 0 Å². The van der Waals surface area contributed by atoms with Gasteiger partial charge in [0.2, 0.25) is 5.91 Å². The molecule has 1 aromatic carbocycles. The molecule has 1 aromatic rings. The lowest BCUT2D eigenvalue weighted by molar-refractivity contribution is -0.136. The van der Waals surface area contributed by atoms with Crippen molar-refractivity contribution in [2.45, 2.75) is 19.4 Å². The molecule has 0 radical (unpaired) electrons. The van der Waals surface area contributed by atoms with Gasteiger partial charge in [0.1, 0.15) is 11.6 Å². The van der Waals surface area contributed by atoms with Crippen molar-refractivity contribution < 1.29 is 13.6 Å². The molecule has 0 bridgehead atoms. The van der Waals surface area contributed by atoms with Crippen LogP contribution in [-0.2, 0) is 11.3 Å². The number of halogens is 2. The fourth-order valence-electron chi connectivity index (χ4n) is 2.35. The molecule has 1 aliphatic rings. The van der Waals surface area contributed by atoms with Crippen molar-refractivity contribution in [3.05, 3.63) is 35.4 Å². The van der Waals surface area contributed by atoms with Crippen LogP contribution in [0.5, 0.6) is 0 Å². The summed E-state index contributed by atoms with van der Waals surface area (Å²) in [6.07, 6.45) is 1.70. The zero-order valence-corrected chi connectivity index (χ0v) is 11.2. The van der Waals surface area contributed by atoms with E-state index in [1.807, 2.05) is 0 Å². The van der Waals surface area contributed by atoms with Crippen LogP contribution in [-0.4, -0.2) is 31.4 Å².